The summed E-state index contributed by atoms with van der Waals surface area (Å²) in [7, 11) is 0. The number of aryl methyl sites for hydroxylation is 1. The molecule has 1 rings (SSSR count). The summed E-state index contributed by atoms with van der Waals surface area (Å²) in [6, 6.07) is 9.12. The van der Waals surface area contributed by atoms with Crippen molar-refractivity contribution in [2.45, 2.75) is 53.4 Å². The molecule has 84 valence electrons. The van der Waals surface area contributed by atoms with Crippen LogP contribution in [0.15, 0.2) is 24.3 Å². The van der Waals surface area contributed by atoms with Gasteiger partial charge in [0.25, 0.3) is 0 Å². The molecule has 0 amide bonds. The average Bonchev–Trinajstić information content (AvgIpc) is 2.30. The highest BCUT2D eigenvalue weighted by Crippen LogP contribution is 2.30. The van der Waals surface area contributed by atoms with Crippen molar-refractivity contribution in [3.05, 3.63) is 35.4 Å². The van der Waals surface area contributed by atoms with E-state index in [1.807, 2.05) is 0 Å². The van der Waals surface area contributed by atoms with Crippen LogP contribution in [0.1, 0.15) is 51.7 Å². The van der Waals surface area contributed by atoms with Gasteiger partial charge in [0.2, 0.25) is 0 Å². The molecular formula is C15H24. The van der Waals surface area contributed by atoms with Crippen LogP contribution in [0.2, 0.25) is 0 Å². The Kier molecular flexibility index (Phi) is 4.38. The van der Waals surface area contributed by atoms with Gasteiger partial charge in [-0.15, -0.1) is 0 Å². The minimum Gasteiger partial charge on any atom is -0.0649 e. The Bertz CT molecular complexity index is 277. The molecule has 0 radical (unpaired) electrons. The molecule has 0 heteroatoms. The highest BCUT2D eigenvalue weighted by Gasteiger charge is 2.19. The van der Waals surface area contributed by atoms with Crippen molar-refractivity contribution in [2.75, 3.05) is 0 Å². The quantitative estimate of drug-likeness (QED) is 0.656. The fourth-order valence-electron chi connectivity index (χ4n) is 1.89. The van der Waals surface area contributed by atoms with Crippen LogP contribution in [0, 0.1) is 5.41 Å². The summed E-state index contributed by atoms with van der Waals surface area (Å²) in [5, 5.41) is 0. The van der Waals surface area contributed by atoms with Crippen LogP contribution >= 0.6 is 0 Å². The van der Waals surface area contributed by atoms with Gasteiger partial charge in [0.15, 0.2) is 0 Å². The van der Waals surface area contributed by atoms with Gasteiger partial charge in [0.1, 0.15) is 0 Å². The molecule has 1 aromatic carbocycles. The number of rotatable bonds is 5. The van der Waals surface area contributed by atoms with E-state index in [0.29, 0.717) is 5.41 Å². The van der Waals surface area contributed by atoms with Crippen molar-refractivity contribution in [3.8, 4) is 0 Å². The third-order valence-electron chi connectivity index (χ3n) is 3.77. The monoisotopic (exact) mass is 204 g/mol. The average molecular weight is 204 g/mol. The molecule has 0 aromatic heterocycles. The van der Waals surface area contributed by atoms with E-state index in [4.69, 9.17) is 0 Å². The van der Waals surface area contributed by atoms with Gasteiger partial charge in [-0.3, -0.25) is 0 Å². The van der Waals surface area contributed by atoms with Gasteiger partial charge in [0, 0.05) is 0 Å². The van der Waals surface area contributed by atoms with Gasteiger partial charge in [0.05, 0.1) is 0 Å². The van der Waals surface area contributed by atoms with Gasteiger partial charge >= 0.3 is 0 Å². The van der Waals surface area contributed by atoms with Crippen molar-refractivity contribution < 1.29 is 0 Å². The lowest BCUT2D eigenvalue weighted by Crippen LogP contribution is -2.17. The first kappa shape index (κ1) is 12.3. The Morgan fingerprint density at radius 2 is 1.33 bits per heavy atom. The molecular weight excluding hydrogens is 180 g/mol. The maximum Gasteiger partial charge on any atom is -0.0225 e. The molecule has 0 bridgehead atoms. The summed E-state index contributed by atoms with van der Waals surface area (Å²) in [6.07, 6.45) is 4.88. The first-order valence-corrected chi connectivity index (χ1v) is 6.21. The van der Waals surface area contributed by atoms with E-state index < -0.39 is 0 Å². The van der Waals surface area contributed by atoms with Crippen LogP contribution < -0.4 is 0 Å². The molecule has 15 heavy (non-hydrogen) atoms. The molecule has 0 atom stereocenters. The number of benzene rings is 1. The summed E-state index contributed by atoms with van der Waals surface area (Å²) >= 11 is 0. The Morgan fingerprint density at radius 3 is 1.73 bits per heavy atom. The fourth-order valence-corrected chi connectivity index (χ4v) is 1.89. The highest BCUT2D eigenvalue weighted by atomic mass is 14.2. The fraction of sp³-hybridized carbons (Fsp3) is 0.600. The summed E-state index contributed by atoms with van der Waals surface area (Å²) < 4.78 is 0. The second-order valence-electron chi connectivity index (χ2n) is 4.86. The summed E-state index contributed by atoms with van der Waals surface area (Å²) in [5.41, 5.74) is 3.40. The maximum absolute atomic E-state index is 2.39. The van der Waals surface area contributed by atoms with Crippen LogP contribution in [0.4, 0.5) is 0 Å². The SMILES string of the molecule is CCc1ccc(CC(C)(CC)CC)cc1. The second-order valence-corrected chi connectivity index (χ2v) is 4.86. The van der Waals surface area contributed by atoms with Crippen molar-refractivity contribution in [1.29, 1.82) is 0 Å². The Hall–Kier alpha value is -0.780. The minimum atomic E-state index is 0.480. The van der Waals surface area contributed by atoms with E-state index in [2.05, 4.69) is 52.0 Å². The summed E-state index contributed by atoms with van der Waals surface area (Å²) in [4.78, 5) is 0. The molecule has 0 saturated heterocycles. The Labute approximate surface area is 94.7 Å². The van der Waals surface area contributed by atoms with Crippen molar-refractivity contribution in [3.63, 3.8) is 0 Å². The van der Waals surface area contributed by atoms with E-state index in [-0.39, 0.29) is 0 Å². The van der Waals surface area contributed by atoms with Gasteiger partial charge in [-0.05, 0) is 29.4 Å². The molecule has 0 aliphatic carbocycles. The zero-order chi connectivity index (χ0) is 11.3. The van der Waals surface area contributed by atoms with Gasteiger partial charge in [-0.2, -0.15) is 0 Å². The van der Waals surface area contributed by atoms with Crippen LogP contribution in [0.3, 0.4) is 0 Å². The smallest absolute Gasteiger partial charge is 0.0225 e. The number of hydrogen-bond acceptors (Lipinski definition) is 0. The molecule has 0 spiro atoms. The predicted molar refractivity (Wildman–Crippen MR) is 68.2 cm³/mol. The van der Waals surface area contributed by atoms with Crippen molar-refractivity contribution in [1.82, 2.24) is 0 Å². The Balaban J connectivity index is 2.71. The standard InChI is InChI=1S/C15H24/c1-5-13-8-10-14(11-9-13)12-15(4,6-2)7-3/h8-11H,5-7,12H2,1-4H3. The molecule has 0 unspecified atom stereocenters. The molecule has 0 N–H and O–H groups in total. The summed E-state index contributed by atoms with van der Waals surface area (Å²) in [5.74, 6) is 0. The van der Waals surface area contributed by atoms with Crippen LogP contribution in [0.5, 0.6) is 0 Å². The molecule has 0 fully saturated rings. The lowest BCUT2D eigenvalue weighted by Gasteiger charge is -2.26. The molecule has 0 aliphatic rings. The first-order valence-electron chi connectivity index (χ1n) is 6.21. The molecule has 1 aromatic rings. The third-order valence-corrected chi connectivity index (χ3v) is 3.77. The van der Waals surface area contributed by atoms with Gasteiger partial charge in [-0.1, -0.05) is 64.8 Å². The van der Waals surface area contributed by atoms with Gasteiger partial charge < -0.3 is 0 Å². The van der Waals surface area contributed by atoms with Crippen molar-refractivity contribution in [2.24, 2.45) is 5.41 Å². The van der Waals surface area contributed by atoms with Crippen LogP contribution in [-0.2, 0) is 12.8 Å². The minimum absolute atomic E-state index is 0.480. The zero-order valence-electron chi connectivity index (χ0n) is 10.6. The van der Waals surface area contributed by atoms with Gasteiger partial charge in [-0.25, -0.2) is 0 Å². The number of hydrogen-bond donors (Lipinski definition) is 0. The topological polar surface area (TPSA) is 0 Å². The second kappa shape index (κ2) is 5.34. The third kappa shape index (κ3) is 3.37. The maximum atomic E-state index is 2.39. The highest BCUT2D eigenvalue weighted by molar-refractivity contribution is 5.23. The van der Waals surface area contributed by atoms with Crippen LogP contribution in [-0.4, -0.2) is 0 Å². The molecule has 0 saturated carbocycles. The largest absolute Gasteiger partial charge is 0.0649 e. The Morgan fingerprint density at radius 1 is 0.867 bits per heavy atom. The molecule has 0 nitrogen and oxygen atoms in total. The van der Waals surface area contributed by atoms with E-state index in [1.54, 1.807) is 0 Å². The lowest BCUT2D eigenvalue weighted by atomic mass is 9.79. The predicted octanol–water partition coefficient (Wildman–Crippen LogP) is 4.62. The summed E-state index contributed by atoms with van der Waals surface area (Å²) in [6.45, 7) is 9.19. The normalized spacial score (nSPS) is 11.7. The van der Waals surface area contributed by atoms with E-state index in [9.17, 15) is 0 Å². The molecule has 0 heterocycles. The zero-order valence-corrected chi connectivity index (χ0v) is 10.6. The van der Waals surface area contributed by atoms with Crippen LogP contribution in [0.25, 0.3) is 0 Å². The van der Waals surface area contributed by atoms with E-state index in [0.717, 1.165) is 6.42 Å². The van der Waals surface area contributed by atoms with Crippen molar-refractivity contribution >= 4 is 0 Å². The van der Waals surface area contributed by atoms with E-state index >= 15 is 0 Å². The first-order chi connectivity index (χ1) is 7.13. The molecule has 0 aliphatic heterocycles. The van der Waals surface area contributed by atoms with E-state index in [1.165, 1.54) is 30.4 Å². The lowest BCUT2D eigenvalue weighted by molar-refractivity contribution is 0.296.